The molecule has 0 saturated carbocycles. The molecular weight excluding hydrogens is 347 g/mol. The zero-order valence-corrected chi connectivity index (χ0v) is 13.2. The summed E-state index contributed by atoms with van der Waals surface area (Å²) in [6, 6.07) is 10.7. The highest BCUT2D eigenvalue weighted by Gasteiger charge is 2.15. The van der Waals surface area contributed by atoms with E-state index in [4.69, 9.17) is 16.3 Å². The van der Waals surface area contributed by atoms with Gasteiger partial charge < -0.3 is 4.74 Å². The molecule has 6 nitrogen and oxygen atoms in total. The number of benzene rings is 2. The van der Waals surface area contributed by atoms with Crippen LogP contribution in [-0.2, 0) is 14.8 Å². The molecule has 9 heteroatoms. The van der Waals surface area contributed by atoms with Gasteiger partial charge in [-0.2, -0.15) is 0 Å². The molecule has 0 spiro atoms. The first-order valence-electron chi connectivity index (χ1n) is 6.31. The Kier molecular flexibility index (Phi) is 5.54. The molecule has 0 aliphatic heterocycles. The van der Waals surface area contributed by atoms with Gasteiger partial charge in [0.15, 0.2) is 6.61 Å². The van der Waals surface area contributed by atoms with Gasteiger partial charge in [0.1, 0.15) is 11.6 Å². The zero-order chi connectivity index (χ0) is 16.9. The van der Waals surface area contributed by atoms with Crippen LogP contribution in [0.2, 0.25) is 5.02 Å². The summed E-state index contributed by atoms with van der Waals surface area (Å²) >= 11 is 5.71. The van der Waals surface area contributed by atoms with Crippen molar-refractivity contribution in [1.82, 2.24) is 10.3 Å². The maximum absolute atomic E-state index is 13.0. The lowest BCUT2D eigenvalue weighted by atomic mass is 10.3. The Bertz CT molecular complexity index is 797. The quantitative estimate of drug-likeness (QED) is 0.772. The van der Waals surface area contributed by atoms with E-state index in [2.05, 4.69) is 0 Å². The molecule has 23 heavy (non-hydrogen) atoms. The van der Waals surface area contributed by atoms with Crippen molar-refractivity contribution in [1.29, 1.82) is 0 Å². The average Bonchev–Trinajstić information content (AvgIpc) is 2.52. The molecule has 0 saturated heterocycles. The molecule has 0 radical (unpaired) electrons. The van der Waals surface area contributed by atoms with E-state index in [9.17, 15) is 17.6 Å². The van der Waals surface area contributed by atoms with Crippen molar-refractivity contribution >= 4 is 27.5 Å². The zero-order valence-electron chi connectivity index (χ0n) is 11.6. The van der Waals surface area contributed by atoms with Gasteiger partial charge in [0.05, 0.1) is 4.90 Å². The summed E-state index contributed by atoms with van der Waals surface area (Å²) in [5.74, 6) is -1.03. The molecule has 2 N–H and O–H groups in total. The van der Waals surface area contributed by atoms with Crippen molar-refractivity contribution in [3.8, 4) is 5.75 Å². The SMILES string of the molecule is O=C(COc1ccc(Cl)cc1)NNS(=O)(=O)c1cccc(F)c1. The second-order valence-corrected chi connectivity index (χ2v) is 6.47. The Morgan fingerprint density at radius 2 is 1.87 bits per heavy atom. The predicted octanol–water partition coefficient (Wildman–Crippen LogP) is 1.87. The summed E-state index contributed by atoms with van der Waals surface area (Å²) in [6.45, 7) is -0.409. The van der Waals surface area contributed by atoms with Gasteiger partial charge in [0.25, 0.3) is 15.9 Å². The summed E-state index contributed by atoms with van der Waals surface area (Å²) in [4.78, 5) is 13.1. The Morgan fingerprint density at radius 1 is 1.17 bits per heavy atom. The smallest absolute Gasteiger partial charge is 0.272 e. The molecule has 0 aromatic heterocycles. The topological polar surface area (TPSA) is 84.5 Å². The fourth-order valence-corrected chi connectivity index (χ4v) is 2.55. The fourth-order valence-electron chi connectivity index (χ4n) is 1.53. The second-order valence-electron chi connectivity index (χ2n) is 4.35. The van der Waals surface area contributed by atoms with Crippen LogP contribution in [0.4, 0.5) is 4.39 Å². The van der Waals surface area contributed by atoms with Crippen LogP contribution in [0.25, 0.3) is 0 Å². The second kappa shape index (κ2) is 7.40. The lowest BCUT2D eigenvalue weighted by Crippen LogP contribution is -2.43. The largest absolute Gasteiger partial charge is 0.484 e. The van der Waals surface area contributed by atoms with Crippen LogP contribution in [0.1, 0.15) is 0 Å². The Balaban J connectivity index is 1.87. The Hall–Kier alpha value is -2.16. The van der Waals surface area contributed by atoms with Gasteiger partial charge in [-0.1, -0.05) is 17.7 Å². The molecule has 0 bridgehead atoms. The number of sulfonamides is 1. The first-order valence-corrected chi connectivity index (χ1v) is 8.17. The molecule has 0 heterocycles. The normalized spacial score (nSPS) is 11.0. The van der Waals surface area contributed by atoms with Crippen LogP contribution >= 0.6 is 11.6 Å². The molecule has 1 amide bonds. The van der Waals surface area contributed by atoms with E-state index in [0.29, 0.717) is 10.8 Å². The first kappa shape index (κ1) is 17.2. The molecule has 122 valence electrons. The van der Waals surface area contributed by atoms with E-state index in [1.807, 2.05) is 10.3 Å². The van der Waals surface area contributed by atoms with Gasteiger partial charge in [-0.3, -0.25) is 10.2 Å². The molecule has 2 aromatic rings. The number of hydrazine groups is 1. The van der Waals surface area contributed by atoms with Crippen LogP contribution in [0.15, 0.2) is 53.4 Å². The fraction of sp³-hybridized carbons (Fsp3) is 0.0714. The number of carbonyl (C=O) groups excluding carboxylic acids is 1. The monoisotopic (exact) mass is 358 g/mol. The number of hydrogen-bond donors (Lipinski definition) is 2. The molecule has 0 fully saturated rings. The van der Waals surface area contributed by atoms with Crippen molar-refractivity contribution in [3.63, 3.8) is 0 Å². The summed E-state index contributed by atoms with van der Waals surface area (Å²) in [7, 11) is -4.06. The van der Waals surface area contributed by atoms with Crippen molar-refractivity contribution in [2.24, 2.45) is 0 Å². The van der Waals surface area contributed by atoms with Crippen LogP contribution < -0.4 is 15.0 Å². The summed E-state index contributed by atoms with van der Waals surface area (Å²) in [6.07, 6.45) is 0. The predicted molar refractivity (Wildman–Crippen MR) is 81.8 cm³/mol. The minimum Gasteiger partial charge on any atom is -0.484 e. The Morgan fingerprint density at radius 3 is 2.52 bits per heavy atom. The molecule has 2 aromatic carbocycles. The van der Waals surface area contributed by atoms with Gasteiger partial charge in [0.2, 0.25) is 0 Å². The molecule has 0 aliphatic rings. The average molecular weight is 359 g/mol. The summed E-state index contributed by atoms with van der Waals surface area (Å²) in [5.41, 5.74) is 1.97. The maximum Gasteiger partial charge on any atom is 0.272 e. The van der Waals surface area contributed by atoms with Crippen LogP contribution in [-0.4, -0.2) is 20.9 Å². The van der Waals surface area contributed by atoms with Gasteiger partial charge >= 0.3 is 0 Å². The molecule has 0 unspecified atom stereocenters. The molecule has 2 rings (SSSR count). The lowest BCUT2D eigenvalue weighted by molar-refractivity contribution is -0.123. The summed E-state index contributed by atoms with van der Waals surface area (Å²) in [5, 5.41) is 0.518. The minimum atomic E-state index is -4.06. The number of nitrogens with one attached hydrogen (secondary N) is 2. The van der Waals surface area contributed by atoms with E-state index in [0.717, 1.165) is 12.1 Å². The van der Waals surface area contributed by atoms with Crippen molar-refractivity contribution in [3.05, 3.63) is 59.4 Å². The minimum absolute atomic E-state index is 0.309. The maximum atomic E-state index is 13.0. The molecule has 0 atom stereocenters. The van der Waals surface area contributed by atoms with Crippen molar-refractivity contribution < 1.29 is 22.3 Å². The number of halogens is 2. The highest BCUT2D eigenvalue weighted by Crippen LogP contribution is 2.15. The number of rotatable bonds is 6. The van der Waals surface area contributed by atoms with Crippen LogP contribution in [0.3, 0.4) is 0 Å². The van der Waals surface area contributed by atoms with Crippen LogP contribution in [0, 0.1) is 5.82 Å². The highest BCUT2D eigenvalue weighted by atomic mass is 35.5. The first-order chi connectivity index (χ1) is 10.9. The molecular formula is C14H12ClFN2O4S. The van der Waals surface area contributed by atoms with Gasteiger partial charge in [-0.05, 0) is 42.5 Å². The van der Waals surface area contributed by atoms with E-state index in [-0.39, 0.29) is 4.90 Å². The number of ether oxygens (including phenoxy) is 1. The van der Waals surface area contributed by atoms with E-state index >= 15 is 0 Å². The summed E-state index contributed by atoms with van der Waals surface area (Å²) < 4.78 is 41.9. The molecule has 0 aliphatic carbocycles. The standard InChI is InChI=1S/C14H12ClFN2O4S/c15-10-4-6-12(7-5-10)22-9-14(19)17-18-23(20,21)13-3-1-2-11(16)8-13/h1-8,18H,9H2,(H,17,19). The number of carbonyl (C=O) groups is 1. The van der Waals surface area contributed by atoms with E-state index in [1.54, 1.807) is 24.3 Å². The van der Waals surface area contributed by atoms with Gasteiger partial charge in [-0.15, -0.1) is 4.83 Å². The number of amides is 1. The van der Waals surface area contributed by atoms with E-state index < -0.39 is 28.4 Å². The highest BCUT2D eigenvalue weighted by molar-refractivity contribution is 7.89. The third-order valence-corrected chi connectivity index (χ3v) is 4.11. The van der Waals surface area contributed by atoms with Crippen LogP contribution in [0.5, 0.6) is 5.75 Å². The Labute approximate surface area is 137 Å². The third-order valence-electron chi connectivity index (χ3n) is 2.61. The van der Waals surface area contributed by atoms with Gasteiger partial charge in [-0.25, -0.2) is 12.8 Å². The lowest BCUT2D eigenvalue weighted by Gasteiger charge is -2.09. The van der Waals surface area contributed by atoms with E-state index in [1.165, 1.54) is 12.1 Å². The third kappa shape index (κ3) is 5.20. The number of hydrogen-bond acceptors (Lipinski definition) is 4. The van der Waals surface area contributed by atoms with Crippen molar-refractivity contribution in [2.75, 3.05) is 6.61 Å². The van der Waals surface area contributed by atoms with Crippen molar-refractivity contribution in [2.45, 2.75) is 4.90 Å². The van der Waals surface area contributed by atoms with Gasteiger partial charge in [0, 0.05) is 5.02 Å².